The van der Waals surface area contributed by atoms with Crippen LogP contribution < -0.4 is 5.32 Å². The number of amides is 1. The summed E-state index contributed by atoms with van der Waals surface area (Å²) in [4.78, 5) is 11.0. The Balaban J connectivity index is 2.53. The van der Waals surface area contributed by atoms with Crippen molar-refractivity contribution in [1.29, 1.82) is 0 Å². The zero-order valence-corrected chi connectivity index (χ0v) is 8.67. The standard InChI is InChI=1S/C9H17NOS/c1-8(11)10-9(12-2)6-4-3-5-7-9/h3-7H2,1-2H3,(H,10,11). The second-order valence-corrected chi connectivity index (χ2v) is 4.63. The number of carbonyl (C=O) groups is 1. The molecule has 0 atom stereocenters. The lowest BCUT2D eigenvalue weighted by Crippen LogP contribution is -2.45. The highest BCUT2D eigenvalue weighted by Gasteiger charge is 2.31. The van der Waals surface area contributed by atoms with Crippen molar-refractivity contribution < 1.29 is 4.79 Å². The van der Waals surface area contributed by atoms with Gasteiger partial charge >= 0.3 is 0 Å². The number of hydrogen-bond donors (Lipinski definition) is 1. The molecule has 1 rings (SSSR count). The summed E-state index contributed by atoms with van der Waals surface area (Å²) in [6, 6.07) is 0. The summed E-state index contributed by atoms with van der Waals surface area (Å²) in [5.74, 6) is 0.103. The second-order valence-electron chi connectivity index (χ2n) is 3.44. The van der Waals surface area contributed by atoms with Gasteiger partial charge in [-0.05, 0) is 19.1 Å². The van der Waals surface area contributed by atoms with E-state index < -0.39 is 0 Å². The lowest BCUT2D eigenvalue weighted by molar-refractivity contribution is -0.120. The van der Waals surface area contributed by atoms with E-state index in [1.54, 1.807) is 18.7 Å². The van der Waals surface area contributed by atoms with E-state index in [9.17, 15) is 4.79 Å². The smallest absolute Gasteiger partial charge is 0.217 e. The van der Waals surface area contributed by atoms with E-state index in [4.69, 9.17) is 0 Å². The predicted molar refractivity (Wildman–Crippen MR) is 53.1 cm³/mol. The summed E-state index contributed by atoms with van der Waals surface area (Å²) in [5.41, 5.74) is 0. The van der Waals surface area contributed by atoms with E-state index in [2.05, 4.69) is 11.6 Å². The molecule has 3 heteroatoms. The second kappa shape index (κ2) is 4.17. The molecule has 1 aliphatic rings. The molecule has 0 radical (unpaired) electrons. The van der Waals surface area contributed by atoms with Crippen LogP contribution in [0.3, 0.4) is 0 Å². The molecule has 0 saturated heterocycles. The van der Waals surface area contributed by atoms with Crippen LogP contribution in [0.15, 0.2) is 0 Å². The fourth-order valence-corrected chi connectivity index (χ4v) is 2.77. The van der Waals surface area contributed by atoms with Crippen LogP contribution in [0.2, 0.25) is 0 Å². The molecule has 1 amide bonds. The lowest BCUT2D eigenvalue weighted by atomic mass is 9.94. The molecule has 0 bridgehead atoms. The summed E-state index contributed by atoms with van der Waals surface area (Å²) in [6.07, 6.45) is 8.17. The van der Waals surface area contributed by atoms with E-state index in [1.165, 1.54) is 19.3 Å². The predicted octanol–water partition coefficient (Wildman–Crippen LogP) is 2.15. The Hall–Kier alpha value is -0.180. The van der Waals surface area contributed by atoms with Crippen LogP contribution in [-0.4, -0.2) is 17.0 Å². The van der Waals surface area contributed by atoms with Crippen molar-refractivity contribution in [3.8, 4) is 0 Å². The summed E-state index contributed by atoms with van der Waals surface area (Å²) < 4.78 is 0. The molecule has 1 fully saturated rings. The van der Waals surface area contributed by atoms with Gasteiger partial charge in [0.15, 0.2) is 0 Å². The molecule has 70 valence electrons. The number of rotatable bonds is 2. The largest absolute Gasteiger partial charge is 0.342 e. The molecule has 12 heavy (non-hydrogen) atoms. The van der Waals surface area contributed by atoms with Crippen molar-refractivity contribution in [3.63, 3.8) is 0 Å². The van der Waals surface area contributed by atoms with Crippen molar-refractivity contribution in [2.24, 2.45) is 0 Å². The first-order valence-electron chi connectivity index (χ1n) is 4.52. The summed E-state index contributed by atoms with van der Waals surface area (Å²) in [6.45, 7) is 1.60. The fourth-order valence-electron chi connectivity index (χ4n) is 1.82. The number of thioether (sulfide) groups is 1. The average Bonchev–Trinajstić information content (AvgIpc) is 2.05. The Morgan fingerprint density at radius 2 is 1.92 bits per heavy atom. The van der Waals surface area contributed by atoms with Crippen LogP contribution in [0, 0.1) is 0 Å². The van der Waals surface area contributed by atoms with Gasteiger partial charge in [-0.25, -0.2) is 0 Å². The molecule has 0 aliphatic heterocycles. The molecule has 0 aromatic carbocycles. The van der Waals surface area contributed by atoms with Crippen molar-refractivity contribution in [1.82, 2.24) is 5.32 Å². The molecule has 1 aliphatic carbocycles. The minimum absolute atomic E-state index is 0.0596. The van der Waals surface area contributed by atoms with E-state index >= 15 is 0 Å². The first-order chi connectivity index (χ1) is 5.68. The van der Waals surface area contributed by atoms with Crippen LogP contribution >= 0.6 is 11.8 Å². The van der Waals surface area contributed by atoms with E-state index in [0.717, 1.165) is 12.8 Å². The van der Waals surface area contributed by atoms with Gasteiger partial charge in [0, 0.05) is 6.92 Å². The third-order valence-corrected chi connectivity index (χ3v) is 3.75. The lowest BCUT2D eigenvalue weighted by Gasteiger charge is -2.36. The van der Waals surface area contributed by atoms with E-state index in [1.807, 2.05) is 0 Å². The van der Waals surface area contributed by atoms with Gasteiger partial charge in [-0.15, -0.1) is 11.8 Å². The molecule has 1 N–H and O–H groups in total. The minimum atomic E-state index is 0.0596. The highest BCUT2D eigenvalue weighted by atomic mass is 32.2. The molecular formula is C9H17NOS. The number of hydrogen-bond acceptors (Lipinski definition) is 2. The summed E-state index contributed by atoms with van der Waals surface area (Å²) >= 11 is 1.79. The zero-order chi connectivity index (χ0) is 9.03. The number of nitrogens with one attached hydrogen (secondary N) is 1. The van der Waals surface area contributed by atoms with Crippen molar-refractivity contribution >= 4 is 17.7 Å². The van der Waals surface area contributed by atoms with Crippen LogP contribution in [0.1, 0.15) is 39.0 Å². The van der Waals surface area contributed by atoms with Crippen molar-refractivity contribution in [2.75, 3.05) is 6.26 Å². The Kier molecular flexibility index (Phi) is 3.44. The third-order valence-electron chi connectivity index (χ3n) is 2.46. The van der Waals surface area contributed by atoms with Crippen LogP contribution in [0.25, 0.3) is 0 Å². The van der Waals surface area contributed by atoms with Gasteiger partial charge in [-0.1, -0.05) is 19.3 Å². The first kappa shape index (κ1) is 9.90. The van der Waals surface area contributed by atoms with Crippen molar-refractivity contribution in [2.45, 2.75) is 43.9 Å². The normalized spacial score (nSPS) is 21.8. The summed E-state index contributed by atoms with van der Waals surface area (Å²) in [5, 5.41) is 3.07. The van der Waals surface area contributed by atoms with Gasteiger partial charge in [-0.3, -0.25) is 4.79 Å². The first-order valence-corrected chi connectivity index (χ1v) is 5.75. The minimum Gasteiger partial charge on any atom is -0.342 e. The zero-order valence-electron chi connectivity index (χ0n) is 7.85. The molecule has 0 aromatic rings. The third kappa shape index (κ3) is 2.41. The van der Waals surface area contributed by atoms with Gasteiger partial charge in [-0.2, -0.15) is 0 Å². The van der Waals surface area contributed by atoms with E-state index in [-0.39, 0.29) is 10.8 Å². The highest BCUT2D eigenvalue weighted by Crippen LogP contribution is 2.35. The maximum Gasteiger partial charge on any atom is 0.217 e. The van der Waals surface area contributed by atoms with Gasteiger partial charge in [0.25, 0.3) is 0 Å². The quantitative estimate of drug-likeness (QED) is 0.671. The monoisotopic (exact) mass is 187 g/mol. The maximum absolute atomic E-state index is 11.0. The topological polar surface area (TPSA) is 29.1 Å². The molecule has 0 unspecified atom stereocenters. The Morgan fingerprint density at radius 3 is 2.33 bits per heavy atom. The molecule has 0 spiro atoms. The van der Waals surface area contributed by atoms with Gasteiger partial charge < -0.3 is 5.32 Å². The molecule has 0 aromatic heterocycles. The molecule has 1 saturated carbocycles. The maximum atomic E-state index is 11.0. The van der Waals surface area contributed by atoms with Crippen LogP contribution in [0.5, 0.6) is 0 Å². The highest BCUT2D eigenvalue weighted by molar-refractivity contribution is 7.99. The van der Waals surface area contributed by atoms with Crippen LogP contribution in [0.4, 0.5) is 0 Å². The fraction of sp³-hybridized carbons (Fsp3) is 0.889. The van der Waals surface area contributed by atoms with Gasteiger partial charge in [0.2, 0.25) is 5.91 Å². The molecular weight excluding hydrogens is 170 g/mol. The Morgan fingerprint density at radius 1 is 1.33 bits per heavy atom. The van der Waals surface area contributed by atoms with Gasteiger partial charge in [0.1, 0.15) is 0 Å². The summed E-state index contributed by atoms with van der Waals surface area (Å²) in [7, 11) is 0. The van der Waals surface area contributed by atoms with E-state index in [0.29, 0.717) is 0 Å². The molecule has 0 heterocycles. The average molecular weight is 187 g/mol. The SMILES string of the molecule is CSC1(NC(C)=O)CCCCC1. The Labute approximate surface area is 78.5 Å². The molecule has 2 nitrogen and oxygen atoms in total. The van der Waals surface area contributed by atoms with Crippen molar-refractivity contribution in [3.05, 3.63) is 0 Å². The number of carbonyl (C=O) groups excluding carboxylic acids is 1. The van der Waals surface area contributed by atoms with Crippen LogP contribution in [-0.2, 0) is 4.79 Å². The van der Waals surface area contributed by atoms with Gasteiger partial charge in [0.05, 0.1) is 4.87 Å². The Bertz CT molecular complexity index is 164.